The molecule has 2 amide bonds. The Morgan fingerprint density at radius 3 is 1.50 bits per heavy atom. The number of imide groups is 1. The lowest BCUT2D eigenvalue weighted by molar-refractivity contribution is -0.125. The molecule has 126 valence electrons. The molecule has 3 rings (SSSR count). The minimum absolute atomic E-state index is 0.167. The van der Waals surface area contributed by atoms with Crippen LogP contribution in [0, 0.1) is 0 Å². The highest BCUT2D eigenvalue weighted by atomic mass is 31.2. The number of carbonyl (C=O) groups excluding carboxylic acids is 2. The average Bonchev–Trinajstić information content (AvgIpc) is 2.83. The van der Waals surface area contributed by atoms with E-state index in [1.54, 1.807) is 0 Å². The van der Waals surface area contributed by atoms with Crippen molar-refractivity contribution in [2.45, 2.75) is 11.8 Å². The lowest BCUT2D eigenvalue weighted by Crippen LogP contribution is -2.36. The van der Waals surface area contributed by atoms with Crippen LogP contribution in [-0.2, 0) is 19.6 Å². The maximum Gasteiger partial charge on any atom is 0.466 e. The van der Waals surface area contributed by atoms with Gasteiger partial charge in [-0.25, -0.2) is 4.57 Å². The van der Waals surface area contributed by atoms with E-state index in [0.717, 1.165) is 11.1 Å². The van der Waals surface area contributed by atoms with E-state index in [2.05, 4.69) is 5.32 Å². The van der Waals surface area contributed by atoms with E-state index in [0.29, 0.717) is 0 Å². The largest absolute Gasteiger partial charge is 0.466 e. The second-order valence-electron chi connectivity index (χ2n) is 5.20. The van der Waals surface area contributed by atoms with Crippen molar-refractivity contribution in [2.75, 3.05) is 0 Å². The second-order valence-corrected chi connectivity index (χ2v) is 6.23. The van der Waals surface area contributed by atoms with Crippen LogP contribution in [0.2, 0.25) is 0 Å². The Hall–Kier alpha value is -2.31. The number of hydrogen-bond donors (Lipinski definition) is 4. The average molecular weight is 349 g/mol. The molecule has 0 radical (unpaired) electrons. The number of carbonyl (C=O) groups is 2. The first-order valence-electron chi connectivity index (χ1n) is 6.97. The molecule has 0 bridgehead atoms. The number of rotatable bonds is 2. The summed E-state index contributed by atoms with van der Waals surface area (Å²) in [6.07, 6.45) is 0.167. The highest BCUT2D eigenvalue weighted by Gasteiger charge is 2.49. The van der Waals surface area contributed by atoms with E-state index in [1.807, 2.05) is 60.7 Å². The molecule has 0 atom stereocenters. The SMILES string of the molecule is O=C1CC(c2ccccc2)(c2ccccc2)C(=O)N1.O=P(O)(O)O. The minimum atomic E-state index is -4.64. The number of phosphoric acid groups is 1. The summed E-state index contributed by atoms with van der Waals surface area (Å²) in [6.45, 7) is 0. The molecule has 1 aliphatic rings. The van der Waals surface area contributed by atoms with Crippen LogP contribution in [0.25, 0.3) is 0 Å². The Balaban J connectivity index is 0.000000368. The summed E-state index contributed by atoms with van der Waals surface area (Å²) in [4.78, 5) is 45.6. The van der Waals surface area contributed by atoms with Gasteiger partial charge in [0.25, 0.3) is 0 Å². The van der Waals surface area contributed by atoms with Crippen LogP contribution in [0.4, 0.5) is 0 Å². The van der Waals surface area contributed by atoms with Crippen LogP contribution in [-0.4, -0.2) is 26.5 Å². The van der Waals surface area contributed by atoms with Crippen LogP contribution < -0.4 is 5.32 Å². The molecule has 0 aliphatic carbocycles. The molecule has 0 unspecified atom stereocenters. The summed E-state index contributed by atoms with van der Waals surface area (Å²) in [7, 11) is -4.64. The van der Waals surface area contributed by atoms with Gasteiger partial charge in [-0.05, 0) is 11.1 Å². The molecule has 24 heavy (non-hydrogen) atoms. The first-order valence-corrected chi connectivity index (χ1v) is 8.53. The van der Waals surface area contributed by atoms with E-state index in [-0.39, 0.29) is 18.2 Å². The topological polar surface area (TPSA) is 124 Å². The van der Waals surface area contributed by atoms with Crippen molar-refractivity contribution in [1.82, 2.24) is 5.32 Å². The van der Waals surface area contributed by atoms with Gasteiger partial charge in [-0.1, -0.05) is 60.7 Å². The number of hydrogen-bond acceptors (Lipinski definition) is 3. The number of amides is 2. The van der Waals surface area contributed by atoms with Gasteiger partial charge in [0, 0.05) is 6.42 Å². The zero-order chi connectivity index (χ0) is 17.8. The molecule has 0 spiro atoms. The fourth-order valence-electron chi connectivity index (χ4n) is 2.68. The van der Waals surface area contributed by atoms with Gasteiger partial charge in [0.05, 0.1) is 0 Å². The highest BCUT2D eigenvalue weighted by Crippen LogP contribution is 2.38. The molecule has 2 aromatic rings. The summed E-state index contributed by atoms with van der Waals surface area (Å²) >= 11 is 0. The van der Waals surface area contributed by atoms with Crippen molar-refractivity contribution in [3.8, 4) is 0 Å². The minimum Gasteiger partial charge on any atom is -0.303 e. The Labute approximate surface area is 138 Å². The van der Waals surface area contributed by atoms with Crippen molar-refractivity contribution < 1.29 is 28.8 Å². The molecule has 0 saturated carbocycles. The fraction of sp³-hybridized carbons (Fsp3) is 0.125. The van der Waals surface area contributed by atoms with Gasteiger partial charge < -0.3 is 14.7 Å². The smallest absolute Gasteiger partial charge is 0.303 e. The first kappa shape index (κ1) is 18.0. The van der Waals surface area contributed by atoms with E-state index in [1.165, 1.54) is 0 Å². The fourth-order valence-corrected chi connectivity index (χ4v) is 2.68. The third-order valence-corrected chi connectivity index (χ3v) is 3.60. The maximum atomic E-state index is 12.4. The van der Waals surface area contributed by atoms with Crippen LogP contribution in [0.1, 0.15) is 17.5 Å². The zero-order valence-electron chi connectivity index (χ0n) is 12.5. The Kier molecular flexibility index (Phi) is 5.31. The van der Waals surface area contributed by atoms with E-state index in [9.17, 15) is 9.59 Å². The molecule has 0 aromatic heterocycles. The van der Waals surface area contributed by atoms with Crippen LogP contribution in [0.15, 0.2) is 60.7 Å². The maximum absolute atomic E-state index is 12.4. The van der Waals surface area contributed by atoms with E-state index in [4.69, 9.17) is 19.2 Å². The Morgan fingerprint density at radius 1 is 0.833 bits per heavy atom. The van der Waals surface area contributed by atoms with E-state index >= 15 is 0 Å². The van der Waals surface area contributed by atoms with Gasteiger partial charge >= 0.3 is 7.82 Å². The van der Waals surface area contributed by atoms with Crippen molar-refractivity contribution in [3.05, 3.63) is 71.8 Å². The van der Waals surface area contributed by atoms with E-state index < -0.39 is 13.2 Å². The molecule has 7 nitrogen and oxygen atoms in total. The standard InChI is InChI=1S/C16H13NO2.H3O4P/c18-14-11-16(15(19)17-14,12-7-3-1-4-8-12)13-9-5-2-6-10-13;1-5(2,3)4/h1-10H,11H2,(H,17,18,19);(H3,1,2,3,4). The molecule has 8 heteroatoms. The van der Waals surface area contributed by atoms with Crippen LogP contribution in [0.5, 0.6) is 0 Å². The Bertz CT molecular complexity index is 724. The van der Waals surface area contributed by atoms with Gasteiger partial charge in [0.15, 0.2) is 0 Å². The molecular weight excluding hydrogens is 333 g/mol. The zero-order valence-corrected chi connectivity index (χ0v) is 13.4. The lowest BCUT2D eigenvalue weighted by atomic mass is 9.73. The van der Waals surface area contributed by atoms with Gasteiger partial charge in [-0.3, -0.25) is 14.9 Å². The summed E-state index contributed by atoms with van der Waals surface area (Å²) in [5.74, 6) is -0.465. The quantitative estimate of drug-likeness (QED) is 0.475. The lowest BCUT2D eigenvalue weighted by Gasteiger charge is -2.26. The van der Waals surface area contributed by atoms with Gasteiger partial charge in [0.1, 0.15) is 5.41 Å². The molecule has 2 aromatic carbocycles. The normalized spacial score (nSPS) is 16.1. The summed E-state index contributed by atoms with van der Waals surface area (Å²) in [5.41, 5.74) is 0.814. The predicted octanol–water partition coefficient (Wildman–Crippen LogP) is 1.09. The third-order valence-electron chi connectivity index (χ3n) is 3.60. The second kappa shape index (κ2) is 7.07. The molecular formula is C16H16NO6P. The molecule has 1 fully saturated rings. The van der Waals surface area contributed by atoms with Crippen molar-refractivity contribution in [3.63, 3.8) is 0 Å². The monoisotopic (exact) mass is 349 g/mol. The molecule has 1 aliphatic heterocycles. The number of nitrogens with one attached hydrogen (secondary N) is 1. The highest BCUT2D eigenvalue weighted by molar-refractivity contribution is 7.45. The number of benzene rings is 2. The summed E-state index contributed by atoms with van der Waals surface area (Å²) in [6, 6.07) is 18.9. The molecule has 4 N–H and O–H groups in total. The third kappa shape index (κ3) is 4.15. The Morgan fingerprint density at radius 2 is 1.21 bits per heavy atom. The van der Waals surface area contributed by atoms with Gasteiger partial charge in [-0.15, -0.1) is 0 Å². The summed E-state index contributed by atoms with van der Waals surface area (Å²) in [5, 5.41) is 2.43. The van der Waals surface area contributed by atoms with Crippen LogP contribution >= 0.6 is 7.82 Å². The molecule has 1 heterocycles. The van der Waals surface area contributed by atoms with Gasteiger partial charge in [0.2, 0.25) is 11.8 Å². The van der Waals surface area contributed by atoms with Crippen molar-refractivity contribution >= 4 is 19.6 Å². The summed E-state index contributed by atoms with van der Waals surface area (Å²) < 4.78 is 8.88. The van der Waals surface area contributed by atoms with Crippen LogP contribution in [0.3, 0.4) is 0 Å². The first-order chi connectivity index (χ1) is 11.2. The molecule has 1 saturated heterocycles. The predicted molar refractivity (Wildman–Crippen MR) is 85.7 cm³/mol. The van der Waals surface area contributed by atoms with Crippen molar-refractivity contribution in [2.24, 2.45) is 0 Å². The van der Waals surface area contributed by atoms with Crippen molar-refractivity contribution in [1.29, 1.82) is 0 Å². The van der Waals surface area contributed by atoms with Gasteiger partial charge in [-0.2, -0.15) is 0 Å².